The minimum Gasteiger partial charge on any atom is -0.368 e. The molecule has 1 aliphatic rings. The third-order valence-electron chi connectivity index (χ3n) is 3.37. The third-order valence-corrected chi connectivity index (χ3v) is 3.37. The van der Waals surface area contributed by atoms with Gasteiger partial charge in [-0.3, -0.25) is 9.78 Å². The van der Waals surface area contributed by atoms with Gasteiger partial charge in [0.1, 0.15) is 17.6 Å². The van der Waals surface area contributed by atoms with Crippen molar-refractivity contribution in [3.8, 4) is 0 Å². The summed E-state index contributed by atoms with van der Waals surface area (Å²) in [6, 6.07) is 7.16. The lowest BCUT2D eigenvalue weighted by Crippen LogP contribution is -2.42. The van der Waals surface area contributed by atoms with Crippen molar-refractivity contribution in [1.29, 1.82) is 0 Å². The third kappa shape index (κ3) is 3.05. The van der Waals surface area contributed by atoms with Gasteiger partial charge in [0, 0.05) is 18.9 Å². The summed E-state index contributed by atoms with van der Waals surface area (Å²) in [5.74, 6) is 0.624. The van der Waals surface area contributed by atoms with Crippen LogP contribution in [0.5, 0.6) is 0 Å². The predicted octanol–water partition coefficient (Wildman–Crippen LogP) is 1.39. The zero-order valence-electron chi connectivity index (χ0n) is 11.8. The number of aromatic nitrogens is 3. The molecule has 6 nitrogen and oxygen atoms in total. The number of carbonyl (C=O) groups is 1. The molecule has 1 amide bonds. The number of carbonyl (C=O) groups excluding carboxylic acids is 1. The standard InChI is InChI=1S/C15H16N4O2/c1-11-16-7-5-12(18-11)14-10-19(8-9-21-14)15(20)13-4-2-3-6-17-13/h2-7,14H,8-10H2,1H3. The van der Waals surface area contributed by atoms with Crippen LogP contribution in [0, 0.1) is 6.92 Å². The van der Waals surface area contributed by atoms with Gasteiger partial charge in [-0.1, -0.05) is 6.07 Å². The van der Waals surface area contributed by atoms with Gasteiger partial charge < -0.3 is 9.64 Å². The minimum atomic E-state index is -0.215. The van der Waals surface area contributed by atoms with Crippen molar-refractivity contribution in [3.63, 3.8) is 0 Å². The van der Waals surface area contributed by atoms with E-state index in [-0.39, 0.29) is 12.0 Å². The van der Waals surface area contributed by atoms with Gasteiger partial charge in [-0.25, -0.2) is 9.97 Å². The summed E-state index contributed by atoms with van der Waals surface area (Å²) >= 11 is 0. The van der Waals surface area contributed by atoms with Crippen LogP contribution >= 0.6 is 0 Å². The molecule has 0 bridgehead atoms. The van der Waals surface area contributed by atoms with Crippen LogP contribution in [0.15, 0.2) is 36.7 Å². The fourth-order valence-corrected chi connectivity index (χ4v) is 2.32. The van der Waals surface area contributed by atoms with Gasteiger partial charge in [0.25, 0.3) is 5.91 Å². The van der Waals surface area contributed by atoms with Crippen molar-refractivity contribution in [2.75, 3.05) is 19.7 Å². The lowest BCUT2D eigenvalue weighted by molar-refractivity contribution is -0.0250. The second-order valence-corrected chi connectivity index (χ2v) is 4.85. The van der Waals surface area contributed by atoms with E-state index in [9.17, 15) is 4.79 Å². The van der Waals surface area contributed by atoms with Crippen LogP contribution < -0.4 is 0 Å². The zero-order chi connectivity index (χ0) is 14.7. The van der Waals surface area contributed by atoms with Gasteiger partial charge in [0.15, 0.2) is 0 Å². The quantitative estimate of drug-likeness (QED) is 0.833. The summed E-state index contributed by atoms with van der Waals surface area (Å²) in [7, 11) is 0. The number of hydrogen-bond donors (Lipinski definition) is 0. The highest BCUT2D eigenvalue weighted by Crippen LogP contribution is 2.21. The van der Waals surface area contributed by atoms with Crippen LogP contribution in [-0.2, 0) is 4.74 Å². The summed E-state index contributed by atoms with van der Waals surface area (Å²) in [6.07, 6.45) is 3.12. The number of amides is 1. The number of aryl methyl sites for hydroxylation is 1. The molecule has 2 aromatic heterocycles. The maximum Gasteiger partial charge on any atom is 0.272 e. The Morgan fingerprint density at radius 1 is 1.29 bits per heavy atom. The molecule has 0 aliphatic carbocycles. The van der Waals surface area contributed by atoms with Crippen molar-refractivity contribution >= 4 is 5.91 Å². The molecule has 1 fully saturated rings. The molecule has 1 atom stereocenters. The van der Waals surface area contributed by atoms with Gasteiger partial charge in [-0.05, 0) is 25.1 Å². The van der Waals surface area contributed by atoms with Crippen molar-refractivity contribution in [2.24, 2.45) is 0 Å². The average molecular weight is 284 g/mol. The van der Waals surface area contributed by atoms with E-state index in [1.807, 2.05) is 19.1 Å². The first kappa shape index (κ1) is 13.6. The molecule has 0 spiro atoms. The molecule has 0 N–H and O–H groups in total. The van der Waals surface area contributed by atoms with Gasteiger partial charge in [0.05, 0.1) is 18.8 Å². The Labute approximate surface area is 122 Å². The number of rotatable bonds is 2. The summed E-state index contributed by atoms with van der Waals surface area (Å²) < 4.78 is 5.73. The lowest BCUT2D eigenvalue weighted by Gasteiger charge is -2.32. The Kier molecular flexibility index (Phi) is 3.87. The molecule has 3 heterocycles. The van der Waals surface area contributed by atoms with Crippen molar-refractivity contribution in [2.45, 2.75) is 13.0 Å². The molecule has 1 unspecified atom stereocenters. The smallest absolute Gasteiger partial charge is 0.272 e. The van der Waals surface area contributed by atoms with Gasteiger partial charge >= 0.3 is 0 Å². The number of hydrogen-bond acceptors (Lipinski definition) is 5. The highest BCUT2D eigenvalue weighted by atomic mass is 16.5. The van der Waals surface area contributed by atoms with Crippen LogP contribution in [0.3, 0.4) is 0 Å². The van der Waals surface area contributed by atoms with E-state index in [0.717, 1.165) is 5.69 Å². The molecule has 6 heteroatoms. The molecule has 3 rings (SSSR count). The molecular weight excluding hydrogens is 268 g/mol. The Balaban J connectivity index is 1.75. The van der Waals surface area contributed by atoms with E-state index in [2.05, 4.69) is 15.0 Å². The minimum absolute atomic E-state index is 0.0744. The highest BCUT2D eigenvalue weighted by Gasteiger charge is 2.27. The zero-order valence-corrected chi connectivity index (χ0v) is 11.8. The number of pyridine rings is 1. The first-order valence-electron chi connectivity index (χ1n) is 6.85. The van der Waals surface area contributed by atoms with Crippen LogP contribution in [0.4, 0.5) is 0 Å². The van der Waals surface area contributed by atoms with Crippen molar-refractivity contribution in [1.82, 2.24) is 19.9 Å². The van der Waals surface area contributed by atoms with Crippen LogP contribution in [0.25, 0.3) is 0 Å². The van der Waals surface area contributed by atoms with E-state index < -0.39 is 0 Å². The Morgan fingerprint density at radius 3 is 2.95 bits per heavy atom. The molecule has 0 aromatic carbocycles. The molecular formula is C15H16N4O2. The number of morpholine rings is 1. The molecule has 2 aromatic rings. The van der Waals surface area contributed by atoms with E-state index in [1.165, 1.54) is 0 Å². The van der Waals surface area contributed by atoms with E-state index in [1.54, 1.807) is 29.4 Å². The summed E-state index contributed by atoms with van der Waals surface area (Å²) in [5.41, 5.74) is 1.26. The van der Waals surface area contributed by atoms with Crippen LogP contribution in [-0.4, -0.2) is 45.5 Å². The Morgan fingerprint density at radius 2 is 2.19 bits per heavy atom. The van der Waals surface area contributed by atoms with Gasteiger partial charge in [-0.2, -0.15) is 0 Å². The Bertz CT molecular complexity index is 633. The van der Waals surface area contributed by atoms with Crippen molar-refractivity contribution < 1.29 is 9.53 Å². The normalized spacial score (nSPS) is 18.5. The maximum atomic E-state index is 12.4. The van der Waals surface area contributed by atoms with E-state index >= 15 is 0 Å². The van der Waals surface area contributed by atoms with Crippen LogP contribution in [0.2, 0.25) is 0 Å². The fourth-order valence-electron chi connectivity index (χ4n) is 2.32. The van der Waals surface area contributed by atoms with Crippen molar-refractivity contribution in [3.05, 3.63) is 53.9 Å². The van der Waals surface area contributed by atoms with Crippen LogP contribution in [0.1, 0.15) is 28.1 Å². The first-order chi connectivity index (χ1) is 10.2. The molecule has 1 aliphatic heterocycles. The first-order valence-corrected chi connectivity index (χ1v) is 6.85. The summed E-state index contributed by atoms with van der Waals surface area (Å²) in [6.45, 7) is 3.37. The monoisotopic (exact) mass is 284 g/mol. The number of nitrogens with zero attached hydrogens (tertiary/aromatic N) is 4. The average Bonchev–Trinajstić information content (AvgIpc) is 2.55. The topological polar surface area (TPSA) is 68.2 Å². The molecule has 21 heavy (non-hydrogen) atoms. The molecule has 0 saturated carbocycles. The maximum absolute atomic E-state index is 12.4. The second-order valence-electron chi connectivity index (χ2n) is 4.85. The second kappa shape index (κ2) is 5.97. The van der Waals surface area contributed by atoms with Gasteiger partial charge in [0.2, 0.25) is 0 Å². The molecule has 0 radical (unpaired) electrons. The molecule has 108 valence electrons. The SMILES string of the molecule is Cc1nccc(C2CN(C(=O)c3ccccn3)CCO2)n1. The summed E-state index contributed by atoms with van der Waals surface area (Å²) in [5, 5.41) is 0. The van der Waals surface area contributed by atoms with E-state index in [0.29, 0.717) is 31.2 Å². The lowest BCUT2D eigenvalue weighted by atomic mass is 10.2. The van der Waals surface area contributed by atoms with E-state index in [4.69, 9.17) is 4.74 Å². The van der Waals surface area contributed by atoms with Gasteiger partial charge in [-0.15, -0.1) is 0 Å². The number of ether oxygens (including phenoxy) is 1. The fraction of sp³-hybridized carbons (Fsp3) is 0.333. The largest absolute Gasteiger partial charge is 0.368 e. The highest BCUT2D eigenvalue weighted by molar-refractivity contribution is 5.92. The summed E-state index contributed by atoms with van der Waals surface area (Å²) in [4.78, 5) is 26.7. The molecule has 1 saturated heterocycles. The Hall–Kier alpha value is -2.34. The predicted molar refractivity (Wildman–Crippen MR) is 75.6 cm³/mol.